The van der Waals surface area contributed by atoms with Crippen LogP contribution in [0.3, 0.4) is 0 Å². The molecule has 2 aromatic heterocycles. The first-order valence-corrected chi connectivity index (χ1v) is 26.1. The van der Waals surface area contributed by atoms with E-state index in [-0.39, 0.29) is 36.6 Å². The Morgan fingerprint density at radius 1 is 0.910 bits per heavy atom. The Morgan fingerprint density at radius 3 is 2.31 bits per heavy atom. The molecule has 19 heteroatoms. The summed E-state index contributed by atoms with van der Waals surface area (Å²) in [4.78, 5) is 21.0. The van der Waals surface area contributed by atoms with Gasteiger partial charge in [-0.25, -0.2) is 8.42 Å². The fourth-order valence-electron chi connectivity index (χ4n) is 7.97. The quantitative estimate of drug-likeness (QED) is 0.0538. The van der Waals surface area contributed by atoms with E-state index in [1.165, 1.54) is 24.5 Å². The minimum atomic E-state index is -4.28. The van der Waals surface area contributed by atoms with Gasteiger partial charge in [-0.1, -0.05) is 53.2 Å². The first kappa shape index (κ1) is 51.2. The minimum absolute atomic E-state index is 0.00572. The number of carbonyl (C=O) groups excluding carboxylic acids is 1. The van der Waals surface area contributed by atoms with Gasteiger partial charge in [-0.3, -0.25) is 23.9 Å². The van der Waals surface area contributed by atoms with Crippen molar-refractivity contribution in [2.45, 2.75) is 83.3 Å². The molecule has 1 aliphatic rings. The molecule has 360 valence electrons. The van der Waals surface area contributed by atoms with Crippen LogP contribution in [0.4, 0.5) is 0 Å². The van der Waals surface area contributed by atoms with Crippen molar-refractivity contribution in [3.63, 3.8) is 0 Å². The van der Waals surface area contributed by atoms with Crippen LogP contribution in [-0.2, 0) is 63.9 Å². The van der Waals surface area contributed by atoms with Crippen molar-refractivity contribution in [1.29, 1.82) is 0 Å². The maximum absolute atomic E-state index is 12.5. The average Bonchev–Trinajstić information content (AvgIpc) is 3.76. The Hall–Kier alpha value is -5.21. The molecular formula is C48H61ClN8O8S2. The number of sulfone groups is 1. The number of halogens is 1. The molecule has 6 rings (SSSR count). The summed E-state index contributed by atoms with van der Waals surface area (Å²) in [5, 5.41) is 15.3. The zero-order valence-corrected chi connectivity index (χ0v) is 41.1. The largest absolute Gasteiger partial charge is 0.489 e. The van der Waals surface area contributed by atoms with Gasteiger partial charge < -0.3 is 25.0 Å². The number of carbonyl (C=O) groups is 1. The van der Waals surface area contributed by atoms with Crippen molar-refractivity contribution >= 4 is 37.5 Å². The Kier molecular flexibility index (Phi) is 17.7. The summed E-state index contributed by atoms with van der Waals surface area (Å²) in [6.45, 7) is 15.0. The third-order valence-corrected chi connectivity index (χ3v) is 14.3. The number of aromatic nitrogens is 4. The SMILES string of the molecule is C=CC(CS(=O)(=O)O)NCc1cc(Cl)c(CCc2cccc(-c3cccc(OCc4cn(CCCN5CCN(C(=O)[C@H](C)NC)CC5)nn4)c3C)c2C)cc1OCc1cncc(S(C)(=O)=O)c1. The normalized spacial score (nSPS) is 14.5. The summed E-state index contributed by atoms with van der Waals surface area (Å²) in [6.07, 6.45) is 9.39. The van der Waals surface area contributed by atoms with Crippen molar-refractivity contribution < 1.29 is 35.7 Å². The fourth-order valence-corrected chi connectivity index (χ4v) is 9.58. The average molecular weight is 978 g/mol. The molecule has 67 heavy (non-hydrogen) atoms. The van der Waals surface area contributed by atoms with Crippen LogP contribution in [0.5, 0.6) is 11.5 Å². The molecule has 3 aromatic carbocycles. The third kappa shape index (κ3) is 14.4. The van der Waals surface area contributed by atoms with Gasteiger partial charge in [0.15, 0.2) is 9.84 Å². The van der Waals surface area contributed by atoms with E-state index in [1.807, 2.05) is 47.0 Å². The smallest absolute Gasteiger partial charge is 0.266 e. The van der Waals surface area contributed by atoms with Crippen LogP contribution in [0.1, 0.15) is 52.4 Å². The molecule has 5 aromatic rings. The Labute approximate surface area is 399 Å². The molecule has 0 spiro atoms. The molecule has 16 nitrogen and oxygen atoms in total. The van der Waals surface area contributed by atoms with Crippen LogP contribution in [-0.4, -0.2) is 121 Å². The number of aryl methyl sites for hydroxylation is 3. The topological polar surface area (TPSA) is 198 Å². The summed E-state index contributed by atoms with van der Waals surface area (Å²) < 4.78 is 71.5. The van der Waals surface area contributed by atoms with Gasteiger partial charge in [-0.05, 0) is 105 Å². The van der Waals surface area contributed by atoms with Gasteiger partial charge in [-0.2, -0.15) is 8.42 Å². The van der Waals surface area contributed by atoms with Crippen LogP contribution in [0.2, 0.25) is 5.02 Å². The molecule has 0 radical (unpaired) electrons. The Bertz CT molecular complexity index is 2740. The molecule has 1 fully saturated rings. The van der Waals surface area contributed by atoms with Gasteiger partial charge in [0.25, 0.3) is 10.1 Å². The van der Waals surface area contributed by atoms with Crippen LogP contribution >= 0.6 is 11.6 Å². The summed E-state index contributed by atoms with van der Waals surface area (Å²) in [5.41, 5.74) is 8.09. The lowest BCUT2D eigenvalue weighted by molar-refractivity contribution is -0.134. The highest BCUT2D eigenvalue weighted by molar-refractivity contribution is 7.90. The van der Waals surface area contributed by atoms with E-state index in [9.17, 15) is 26.2 Å². The highest BCUT2D eigenvalue weighted by Crippen LogP contribution is 2.35. The van der Waals surface area contributed by atoms with Gasteiger partial charge in [0.05, 0.1) is 22.9 Å². The molecule has 0 aliphatic carbocycles. The predicted octanol–water partition coefficient (Wildman–Crippen LogP) is 5.63. The van der Waals surface area contributed by atoms with E-state index in [4.69, 9.17) is 21.1 Å². The second-order valence-electron chi connectivity index (χ2n) is 16.9. The maximum atomic E-state index is 12.5. The van der Waals surface area contributed by atoms with Crippen molar-refractivity contribution in [3.8, 4) is 22.6 Å². The predicted molar refractivity (Wildman–Crippen MR) is 260 cm³/mol. The lowest BCUT2D eigenvalue weighted by atomic mass is 9.91. The Balaban J connectivity index is 1.09. The maximum Gasteiger partial charge on any atom is 0.266 e. The Morgan fingerprint density at radius 2 is 1.61 bits per heavy atom. The number of ether oxygens (including phenoxy) is 2. The molecular weight excluding hydrogens is 916 g/mol. The second kappa shape index (κ2) is 23.2. The van der Waals surface area contributed by atoms with E-state index in [1.54, 1.807) is 13.1 Å². The lowest BCUT2D eigenvalue weighted by Gasteiger charge is -2.35. The first-order valence-electron chi connectivity index (χ1n) is 22.2. The second-order valence-corrected chi connectivity index (χ2v) is 20.8. The summed E-state index contributed by atoms with van der Waals surface area (Å²) in [6, 6.07) is 16.5. The van der Waals surface area contributed by atoms with Gasteiger partial charge >= 0.3 is 0 Å². The molecule has 0 bridgehead atoms. The zero-order valence-electron chi connectivity index (χ0n) is 38.7. The molecule has 1 amide bonds. The van der Waals surface area contributed by atoms with Crippen molar-refractivity contribution in [1.82, 2.24) is 40.4 Å². The van der Waals surface area contributed by atoms with Crippen molar-refractivity contribution in [2.24, 2.45) is 0 Å². The van der Waals surface area contributed by atoms with Gasteiger partial charge in [-0.15, -0.1) is 11.7 Å². The molecule has 3 heterocycles. The van der Waals surface area contributed by atoms with Gasteiger partial charge in [0.2, 0.25) is 5.91 Å². The minimum Gasteiger partial charge on any atom is -0.489 e. The van der Waals surface area contributed by atoms with Crippen molar-refractivity contribution in [3.05, 3.63) is 130 Å². The lowest BCUT2D eigenvalue weighted by Crippen LogP contribution is -2.53. The number of amides is 1. The number of piperazine rings is 1. The third-order valence-electron chi connectivity index (χ3n) is 12.0. The van der Waals surface area contributed by atoms with Crippen molar-refractivity contribution in [2.75, 3.05) is 51.8 Å². The molecule has 2 atom stereocenters. The van der Waals surface area contributed by atoms with E-state index in [2.05, 4.69) is 69.5 Å². The van der Waals surface area contributed by atoms with Crippen LogP contribution < -0.4 is 20.1 Å². The molecule has 1 saturated heterocycles. The van der Waals surface area contributed by atoms with Gasteiger partial charge in [0.1, 0.15) is 30.4 Å². The first-order chi connectivity index (χ1) is 31.9. The summed E-state index contributed by atoms with van der Waals surface area (Å²) in [5.74, 6) is 0.801. The number of hydrogen-bond donors (Lipinski definition) is 3. The number of nitrogens with zero attached hydrogens (tertiary/aromatic N) is 6. The van der Waals surface area contributed by atoms with Gasteiger partial charge in [0, 0.05) is 86.7 Å². The number of pyridine rings is 1. The van der Waals surface area contributed by atoms with E-state index < -0.39 is 31.8 Å². The monoisotopic (exact) mass is 976 g/mol. The number of hydrogen-bond acceptors (Lipinski definition) is 13. The fraction of sp³-hybridized carbons (Fsp3) is 0.417. The number of rotatable bonds is 23. The van der Waals surface area contributed by atoms with E-state index in [0.717, 1.165) is 96.8 Å². The number of likely N-dealkylation sites (N-methyl/N-ethyl adjacent to an activating group) is 1. The van der Waals surface area contributed by atoms with Crippen LogP contribution in [0.25, 0.3) is 11.1 Å². The highest BCUT2D eigenvalue weighted by atomic mass is 35.5. The zero-order chi connectivity index (χ0) is 48.3. The number of benzene rings is 3. The number of nitrogens with one attached hydrogen (secondary N) is 2. The van der Waals surface area contributed by atoms with E-state index >= 15 is 0 Å². The molecule has 3 N–H and O–H groups in total. The highest BCUT2D eigenvalue weighted by Gasteiger charge is 2.24. The van der Waals surface area contributed by atoms with E-state index in [0.29, 0.717) is 34.7 Å². The molecule has 0 saturated carbocycles. The standard InChI is InChI=1S/C48H61ClN8O8S2/c1-7-40(32-67(61,62)63)52-27-39-24-45(49)38(25-47(39)64-30-36-23-42(28-51-26-36)66(6,59)60)16-15-37-11-8-12-43(33(37)2)44-13-9-14-46(34(44)3)65-31-41-29-57(54-53-41)18-10-17-55-19-21-56(22-20-55)48(58)35(4)50-5/h7-9,11-14,23-26,28-29,35,40,50,52H,1,10,15-22,27,30-32H2,2-6H3,(H,61,62,63)/t35-,40?/m0/s1. The van der Waals surface area contributed by atoms with Crippen LogP contribution in [0.15, 0.2) is 90.7 Å². The summed E-state index contributed by atoms with van der Waals surface area (Å²) in [7, 11) is -5.97. The molecule has 1 aliphatic heterocycles. The summed E-state index contributed by atoms with van der Waals surface area (Å²) >= 11 is 6.91. The van der Waals surface area contributed by atoms with Crippen LogP contribution in [0, 0.1) is 13.8 Å². The molecule has 1 unspecified atom stereocenters.